The Bertz CT molecular complexity index is 1570. The third-order valence-electron chi connectivity index (χ3n) is 7.82. The smallest absolute Gasteiger partial charge is 0.278 e. The van der Waals surface area contributed by atoms with Gasteiger partial charge in [-0.25, -0.2) is 4.39 Å². The molecule has 0 saturated heterocycles. The predicted octanol–water partition coefficient (Wildman–Crippen LogP) is 6.20. The zero-order valence-corrected chi connectivity index (χ0v) is 22.2. The van der Waals surface area contributed by atoms with Crippen molar-refractivity contribution in [2.45, 2.75) is 46.1 Å². The quantitative estimate of drug-likeness (QED) is 0.384. The van der Waals surface area contributed by atoms with Crippen LogP contribution in [0.25, 0.3) is 0 Å². The summed E-state index contributed by atoms with van der Waals surface area (Å²) in [6.45, 7) is 6.19. The molecule has 1 unspecified atom stereocenters. The molecule has 3 aromatic rings. The Morgan fingerprint density at radius 1 is 0.821 bits per heavy atom. The number of nitrogens with zero attached hydrogens (tertiary/aromatic N) is 2. The third-order valence-corrected chi connectivity index (χ3v) is 7.82. The first-order valence-electron chi connectivity index (χ1n) is 13.2. The van der Waals surface area contributed by atoms with Crippen molar-refractivity contribution in [3.63, 3.8) is 0 Å². The number of anilines is 1. The molecule has 0 aromatic heterocycles. The highest BCUT2D eigenvalue weighted by Gasteiger charge is 2.53. The molecule has 2 aliphatic heterocycles. The summed E-state index contributed by atoms with van der Waals surface area (Å²) < 4.78 is 14.0. The van der Waals surface area contributed by atoms with E-state index < -0.39 is 23.5 Å². The fourth-order valence-electron chi connectivity index (χ4n) is 6.04. The molecular formula is C33H29FN2O3. The minimum atomic E-state index is -0.752. The summed E-state index contributed by atoms with van der Waals surface area (Å²) >= 11 is 0. The summed E-state index contributed by atoms with van der Waals surface area (Å²) in [6.07, 6.45) is 0.875. The average Bonchev–Trinajstić information content (AvgIpc) is 3.13. The fraction of sp³-hybridized carbons (Fsp3) is 0.242. The molecule has 6 heteroatoms. The van der Waals surface area contributed by atoms with E-state index in [1.54, 1.807) is 12.1 Å². The maximum absolute atomic E-state index is 14.2. The van der Waals surface area contributed by atoms with Crippen molar-refractivity contribution in [3.8, 4) is 0 Å². The Kier molecular flexibility index (Phi) is 5.87. The molecule has 3 aromatic carbocycles. The van der Waals surface area contributed by atoms with Crippen molar-refractivity contribution < 1.29 is 18.8 Å². The van der Waals surface area contributed by atoms with Gasteiger partial charge in [0.15, 0.2) is 5.78 Å². The highest BCUT2D eigenvalue weighted by Crippen LogP contribution is 2.53. The van der Waals surface area contributed by atoms with Gasteiger partial charge in [0, 0.05) is 29.3 Å². The van der Waals surface area contributed by atoms with Gasteiger partial charge in [-0.3, -0.25) is 19.3 Å². The second kappa shape index (κ2) is 9.16. The lowest BCUT2D eigenvalue weighted by Crippen LogP contribution is -2.41. The number of allylic oxidation sites excluding steroid dienone is 2. The summed E-state index contributed by atoms with van der Waals surface area (Å²) in [6, 6.07) is 23.0. The number of carbonyl (C=O) groups is 3. The van der Waals surface area contributed by atoms with Crippen LogP contribution < -0.4 is 4.90 Å². The van der Waals surface area contributed by atoms with E-state index in [1.807, 2.05) is 80.3 Å². The molecule has 0 radical (unpaired) electrons. The molecule has 0 spiro atoms. The number of benzene rings is 3. The van der Waals surface area contributed by atoms with Crippen molar-refractivity contribution in [2.24, 2.45) is 5.41 Å². The van der Waals surface area contributed by atoms with Crippen LogP contribution in [-0.2, 0) is 20.9 Å². The van der Waals surface area contributed by atoms with Crippen molar-refractivity contribution in [3.05, 3.63) is 124 Å². The molecule has 0 N–H and O–H groups in total. The van der Waals surface area contributed by atoms with Gasteiger partial charge in [-0.1, -0.05) is 74.0 Å². The highest BCUT2D eigenvalue weighted by molar-refractivity contribution is 6.24. The van der Waals surface area contributed by atoms with Gasteiger partial charge in [-0.15, -0.1) is 0 Å². The molecule has 196 valence electrons. The summed E-state index contributed by atoms with van der Waals surface area (Å²) in [7, 11) is 0. The lowest BCUT2D eigenvalue weighted by molar-refractivity contribution is -0.138. The molecule has 0 bridgehead atoms. The van der Waals surface area contributed by atoms with Crippen molar-refractivity contribution in [1.29, 1.82) is 0 Å². The van der Waals surface area contributed by atoms with E-state index in [-0.39, 0.29) is 29.0 Å². The number of hydrogen-bond acceptors (Lipinski definition) is 4. The maximum Gasteiger partial charge on any atom is 0.278 e. The zero-order chi connectivity index (χ0) is 27.5. The molecule has 2 amide bonds. The van der Waals surface area contributed by atoms with Crippen molar-refractivity contribution >= 4 is 23.3 Å². The minimum Gasteiger partial charge on any atom is -0.308 e. The van der Waals surface area contributed by atoms with Crippen LogP contribution in [0.4, 0.5) is 10.1 Å². The van der Waals surface area contributed by atoms with Gasteiger partial charge in [0.05, 0.1) is 12.1 Å². The number of rotatable bonds is 4. The molecule has 6 rings (SSSR count). The number of aryl methyl sites for hydroxylation is 1. The van der Waals surface area contributed by atoms with E-state index in [4.69, 9.17) is 0 Å². The number of amides is 2. The Hall–Kier alpha value is -4.32. The Morgan fingerprint density at radius 3 is 2.15 bits per heavy atom. The van der Waals surface area contributed by atoms with E-state index >= 15 is 0 Å². The van der Waals surface area contributed by atoms with Gasteiger partial charge in [-0.05, 0) is 54.2 Å². The normalized spacial score (nSPS) is 20.5. The molecule has 1 atom stereocenters. The summed E-state index contributed by atoms with van der Waals surface area (Å²) in [5.41, 5.74) is 4.70. The summed E-state index contributed by atoms with van der Waals surface area (Å²) in [4.78, 5) is 45.3. The number of hydrogen-bond donors (Lipinski definition) is 0. The molecule has 2 heterocycles. The zero-order valence-electron chi connectivity index (χ0n) is 22.2. The van der Waals surface area contributed by atoms with Gasteiger partial charge in [0.1, 0.15) is 11.5 Å². The number of imide groups is 1. The summed E-state index contributed by atoms with van der Waals surface area (Å²) in [5, 5.41) is 0. The van der Waals surface area contributed by atoms with E-state index in [2.05, 4.69) is 0 Å². The molecule has 39 heavy (non-hydrogen) atoms. The van der Waals surface area contributed by atoms with Gasteiger partial charge in [0.25, 0.3) is 11.8 Å². The number of halogens is 1. The highest BCUT2D eigenvalue weighted by atomic mass is 19.1. The van der Waals surface area contributed by atoms with Crippen LogP contribution in [0.1, 0.15) is 49.3 Å². The van der Waals surface area contributed by atoms with Gasteiger partial charge < -0.3 is 4.90 Å². The topological polar surface area (TPSA) is 57.7 Å². The van der Waals surface area contributed by atoms with Gasteiger partial charge >= 0.3 is 0 Å². The van der Waals surface area contributed by atoms with E-state index in [1.165, 1.54) is 17.0 Å². The second-order valence-corrected chi connectivity index (χ2v) is 11.4. The largest absolute Gasteiger partial charge is 0.308 e. The van der Waals surface area contributed by atoms with E-state index in [0.29, 0.717) is 24.0 Å². The first-order valence-corrected chi connectivity index (χ1v) is 13.2. The average molecular weight is 521 g/mol. The standard InChI is InChI=1S/C33H29FN2O3/c1-20-9-15-24(16-10-20)36-25-17-33(2,3)18-26(37)28(25)27(22-11-13-23(34)14-12-22)29-30(36)32(39)35(31(29)38)19-21-7-5-4-6-8-21/h4-16,27H,17-19H2,1-3H3. The first kappa shape index (κ1) is 25.0. The fourth-order valence-corrected chi connectivity index (χ4v) is 6.04. The van der Waals surface area contributed by atoms with Crippen LogP contribution in [0.3, 0.4) is 0 Å². The van der Waals surface area contributed by atoms with Crippen molar-refractivity contribution in [1.82, 2.24) is 4.90 Å². The SMILES string of the molecule is Cc1ccc(N2C3=C(C(=O)CC(C)(C)C3)C(c3ccc(F)cc3)C3=C2C(=O)N(Cc2ccccc2)C3=O)cc1. The number of carbonyl (C=O) groups excluding carboxylic acids is 3. The third kappa shape index (κ3) is 4.20. The van der Waals surface area contributed by atoms with Crippen LogP contribution in [-0.4, -0.2) is 22.5 Å². The van der Waals surface area contributed by atoms with E-state index in [9.17, 15) is 18.8 Å². The number of Topliss-reactive ketones (excluding diaryl/α,β-unsaturated/α-hetero) is 1. The first-order chi connectivity index (χ1) is 18.6. The van der Waals surface area contributed by atoms with Crippen molar-refractivity contribution in [2.75, 3.05) is 4.90 Å². The van der Waals surface area contributed by atoms with E-state index in [0.717, 1.165) is 22.5 Å². The van der Waals surface area contributed by atoms with Gasteiger partial charge in [0.2, 0.25) is 0 Å². The van der Waals surface area contributed by atoms with Crippen LogP contribution in [0, 0.1) is 18.2 Å². The Labute approximate surface area is 227 Å². The lowest BCUT2D eigenvalue weighted by Gasteiger charge is -2.43. The molecule has 3 aliphatic rings. The molecular weight excluding hydrogens is 491 g/mol. The van der Waals surface area contributed by atoms with Crippen LogP contribution in [0.5, 0.6) is 0 Å². The predicted molar refractivity (Wildman–Crippen MR) is 147 cm³/mol. The Balaban J connectivity index is 1.59. The second-order valence-electron chi connectivity index (χ2n) is 11.4. The van der Waals surface area contributed by atoms with Crippen LogP contribution >= 0.6 is 0 Å². The molecule has 1 aliphatic carbocycles. The van der Waals surface area contributed by atoms with Crippen LogP contribution in [0.2, 0.25) is 0 Å². The number of ketones is 1. The lowest BCUT2D eigenvalue weighted by atomic mass is 9.68. The monoisotopic (exact) mass is 520 g/mol. The summed E-state index contributed by atoms with van der Waals surface area (Å²) in [5.74, 6) is -2.03. The van der Waals surface area contributed by atoms with Crippen LogP contribution in [0.15, 0.2) is 101 Å². The molecule has 0 saturated carbocycles. The minimum absolute atomic E-state index is 0.0546. The molecule has 5 nitrogen and oxygen atoms in total. The van der Waals surface area contributed by atoms with Gasteiger partial charge in [-0.2, -0.15) is 0 Å². The molecule has 0 fully saturated rings. The Morgan fingerprint density at radius 2 is 1.49 bits per heavy atom. The maximum atomic E-state index is 14.2.